The Balaban J connectivity index is 2.15. The van der Waals surface area contributed by atoms with E-state index in [4.69, 9.17) is 0 Å². The molecule has 0 spiro atoms. The van der Waals surface area contributed by atoms with Gasteiger partial charge in [-0.2, -0.15) is 0 Å². The minimum absolute atomic E-state index is 0.566. The monoisotopic (exact) mass is 233 g/mol. The fraction of sp³-hybridized carbons (Fsp3) is 0.571. The molecule has 1 aliphatic rings. The van der Waals surface area contributed by atoms with Gasteiger partial charge in [-0.15, -0.1) is 0 Å². The van der Waals surface area contributed by atoms with Crippen molar-refractivity contribution in [3.63, 3.8) is 0 Å². The van der Waals surface area contributed by atoms with Gasteiger partial charge in [0.05, 0.1) is 0 Å². The lowest BCUT2D eigenvalue weighted by atomic mass is 10.1. The Bertz CT molecular complexity index is 358. The summed E-state index contributed by atoms with van der Waals surface area (Å²) in [5.74, 6) is 0. The second kappa shape index (κ2) is 4.96. The van der Waals surface area contributed by atoms with Crippen molar-refractivity contribution in [3.8, 4) is 0 Å². The highest BCUT2D eigenvalue weighted by atomic mass is 15.2. The van der Waals surface area contributed by atoms with E-state index in [2.05, 4.69) is 67.3 Å². The van der Waals surface area contributed by atoms with Crippen LogP contribution in [0, 0.1) is 0 Å². The molecule has 1 fully saturated rings. The van der Waals surface area contributed by atoms with Gasteiger partial charge >= 0.3 is 0 Å². The van der Waals surface area contributed by atoms with Gasteiger partial charge < -0.3 is 15.1 Å². The Morgan fingerprint density at radius 3 is 2.41 bits per heavy atom. The van der Waals surface area contributed by atoms with E-state index in [1.165, 1.54) is 11.4 Å². The third-order valence-electron chi connectivity index (χ3n) is 3.46. The van der Waals surface area contributed by atoms with E-state index < -0.39 is 0 Å². The maximum absolute atomic E-state index is 3.51. The molecule has 0 aromatic heterocycles. The summed E-state index contributed by atoms with van der Waals surface area (Å²) in [5.41, 5.74) is 2.58. The summed E-state index contributed by atoms with van der Waals surface area (Å²) >= 11 is 0. The molecule has 0 radical (unpaired) electrons. The second-order valence-corrected chi connectivity index (χ2v) is 5.22. The number of piperazine rings is 1. The molecule has 3 heteroatoms. The number of nitrogens with zero attached hydrogens (tertiary/aromatic N) is 2. The average Bonchev–Trinajstić information content (AvgIpc) is 2.32. The lowest BCUT2D eigenvalue weighted by Crippen LogP contribution is -2.54. The molecule has 1 N–H and O–H groups in total. The third kappa shape index (κ3) is 2.72. The first kappa shape index (κ1) is 12.2. The molecule has 94 valence electrons. The number of anilines is 2. The molecule has 0 bridgehead atoms. The molecular formula is C14H23N3. The fourth-order valence-corrected chi connectivity index (χ4v) is 2.32. The second-order valence-electron chi connectivity index (χ2n) is 5.22. The maximum Gasteiger partial charge on any atom is 0.0387 e. The van der Waals surface area contributed by atoms with Crippen molar-refractivity contribution in [2.24, 2.45) is 0 Å². The summed E-state index contributed by atoms with van der Waals surface area (Å²) in [6, 6.07) is 9.97. The molecule has 1 heterocycles. The normalized spacial score (nSPS) is 24.8. The highest BCUT2D eigenvalue weighted by molar-refractivity contribution is 5.56. The summed E-state index contributed by atoms with van der Waals surface area (Å²) in [5, 5.41) is 3.51. The van der Waals surface area contributed by atoms with Gasteiger partial charge in [0.1, 0.15) is 0 Å². The molecule has 2 unspecified atom stereocenters. The van der Waals surface area contributed by atoms with Crippen molar-refractivity contribution in [2.45, 2.75) is 25.9 Å². The molecule has 1 aliphatic heterocycles. The molecule has 0 aliphatic carbocycles. The number of benzene rings is 1. The molecule has 2 atom stereocenters. The van der Waals surface area contributed by atoms with Crippen LogP contribution in [0.3, 0.4) is 0 Å². The van der Waals surface area contributed by atoms with Crippen LogP contribution in [0.1, 0.15) is 13.8 Å². The van der Waals surface area contributed by atoms with Crippen molar-refractivity contribution in [2.75, 3.05) is 37.0 Å². The highest BCUT2D eigenvalue weighted by Crippen LogP contribution is 2.22. The van der Waals surface area contributed by atoms with Gasteiger partial charge in [-0.05, 0) is 38.1 Å². The van der Waals surface area contributed by atoms with Crippen LogP contribution in [0.5, 0.6) is 0 Å². The zero-order chi connectivity index (χ0) is 12.4. The van der Waals surface area contributed by atoms with Crippen LogP contribution < -0.4 is 15.1 Å². The Morgan fingerprint density at radius 1 is 1.18 bits per heavy atom. The van der Waals surface area contributed by atoms with Crippen LogP contribution in [-0.4, -0.2) is 39.3 Å². The quantitative estimate of drug-likeness (QED) is 0.842. The Labute approximate surface area is 104 Å². The van der Waals surface area contributed by atoms with Gasteiger partial charge in [0.25, 0.3) is 0 Å². The Hall–Kier alpha value is -1.22. The van der Waals surface area contributed by atoms with E-state index in [0.29, 0.717) is 12.1 Å². The average molecular weight is 233 g/mol. The van der Waals surface area contributed by atoms with E-state index in [0.717, 1.165) is 13.1 Å². The first-order chi connectivity index (χ1) is 8.08. The van der Waals surface area contributed by atoms with E-state index in [9.17, 15) is 0 Å². The number of hydrogen-bond donors (Lipinski definition) is 1. The summed E-state index contributed by atoms with van der Waals surface area (Å²) in [6.45, 7) is 6.67. The van der Waals surface area contributed by atoms with Crippen molar-refractivity contribution < 1.29 is 0 Å². The van der Waals surface area contributed by atoms with Crippen LogP contribution in [-0.2, 0) is 0 Å². The molecule has 1 aromatic carbocycles. The van der Waals surface area contributed by atoms with Gasteiger partial charge in [0.15, 0.2) is 0 Å². The van der Waals surface area contributed by atoms with Gasteiger partial charge in [-0.3, -0.25) is 0 Å². The lowest BCUT2D eigenvalue weighted by Gasteiger charge is -2.39. The van der Waals surface area contributed by atoms with Gasteiger partial charge in [0, 0.05) is 50.6 Å². The lowest BCUT2D eigenvalue weighted by molar-refractivity contribution is 0.425. The minimum Gasteiger partial charge on any atom is -0.378 e. The van der Waals surface area contributed by atoms with Crippen LogP contribution in [0.2, 0.25) is 0 Å². The van der Waals surface area contributed by atoms with Crippen molar-refractivity contribution in [1.82, 2.24) is 5.32 Å². The molecule has 2 rings (SSSR count). The number of hydrogen-bond acceptors (Lipinski definition) is 3. The van der Waals surface area contributed by atoms with E-state index in [1.807, 2.05) is 0 Å². The smallest absolute Gasteiger partial charge is 0.0387 e. The van der Waals surface area contributed by atoms with E-state index in [-0.39, 0.29) is 0 Å². The summed E-state index contributed by atoms with van der Waals surface area (Å²) in [7, 11) is 4.15. The van der Waals surface area contributed by atoms with Crippen LogP contribution >= 0.6 is 0 Å². The zero-order valence-corrected chi connectivity index (χ0v) is 11.3. The summed E-state index contributed by atoms with van der Waals surface area (Å²) < 4.78 is 0. The first-order valence-electron chi connectivity index (χ1n) is 6.35. The summed E-state index contributed by atoms with van der Waals surface area (Å²) in [4.78, 5) is 4.62. The Kier molecular flexibility index (Phi) is 3.57. The number of rotatable bonds is 2. The molecule has 17 heavy (non-hydrogen) atoms. The third-order valence-corrected chi connectivity index (χ3v) is 3.46. The molecule has 3 nitrogen and oxygen atoms in total. The molecule has 0 amide bonds. The largest absolute Gasteiger partial charge is 0.378 e. The maximum atomic E-state index is 3.51. The fourth-order valence-electron chi connectivity index (χ4n) is 2.32. The predicted octanol–water partition coefficient (Wildman–Crippen LogP) is 1.94. The van der Waals surface area contributed by atoms with Crippen LogP contribution in [0.25, 0.3) is 0 Å². The van der Waals surface area contributed by atoms with Crippen molar-refractivity contribution in [1.29, 1.82) is 0 Å². The van der Waals surface area contributed by atoms with Crippen molar-refractivity contribution >= 4 is 11.4 Å². The van der Waals surface area contributed by atoms with E-state index in [1.54, 1.807) is 0 Å². The van der Waals surface area contributed by atoms with E-state index >= 15 is 0 Å². The molecular weight excluding hydrogens is 210 g/mol. The molecule has 0 saturated carbocycles. The predicted molar refractivity (Wildman–Crippen MR) is 75.0 cm³/mol. The van der Waals surface area contributed by atoms with Crippen LogP contribution in [0.4, 0.5) is 11.4 Å². The van der Waals surface area contributed by atoms with Gasteiger partial charge in [-0.25, -0.2) is 0 Å². The molecule has 1 saturated heterocycles. The molecule has 1 aromatic rings. The summed E-state index contributed by atoms with van der Waals surface area (Å²) in [6.07, 6.45) is 0. The standard InChI is InChI=1S/C14H23N3/c1-11-10-17(12(2)9-15-11)14-7-5-13(6-8-14)16(3)4/h5-8,11-12,15H,9-10H2,1-4H3. The van der Waals surface area contributed by atoms with Crippen LogP contribution in [0.15, 0.2) is 24.3 Å². The van der Waals surface area contributed by atoms with Gasteiger partial charge in [-0.1, -0.05) is 0 Å². The SMILES string of the molecule is CC1CN(c2ccc(N(C)C)cc2)C(C)CN1. The van der Waals surface area contributed by atoms with Gasteiger partial charge in [0.2, 0.25) is 0 Å². The topological polar surface area (TPSA) is 18.5 Å². The highest BCUT2D eigenvalue weighted by Gasteiger charge is 2.22. The minimum atomic E-state index is 0.566. The first-order valence-corrected chi connectivity index (χ1v) is 6.35. The van der Waals surface area contributed by atoms with Crippen molar-refractivity contribution in [3.05, 3.63) is 24.3 Å². The zero-order valence-electron chi connectivity index (χ0n) is 11.3. The Morgan fingerprint density at radius 2 is 1.82 bits per heavy atom. The number of nitrogens with one attached hydrogen (secondary N) is 1.